The number of nitrogens with zero attached hydrogens (tertiary/aromatic N) is 1. The standard InChI is InChI=1S/C17H19NO.C3H9N.C3H8.H2O.H2/c1-13-9-10-16(14(2)11-13)17(19)18(3)12-15-7-5-4-6-8-15;1-2-3-4;1-3-2;;/h4-11H,12H2,1-3H3;2-4H2,1H3;3H2,1-2H3;1H2;1H. The largest absolute Gasteiger partial charge is 0.412 e. The highest BCUT2D eigenvalue weighted by Crippen LogP contribution is 2.14. The Hall–Kier alpha value is -2.17. The van der Waals surface area contributed by atoms with Crippen LogP contribution in [0.5, 0.6) is 0 Å². The summed E-state index contributed by atoms with van der Waals surface area (Å²) in [4.78, 5) is 14.2. The van der Waals surface area contributed by atoms with E-state index in [9.17, 15) is 4.79 Å². The maximum Gasteiger partial charge on any atom is 0.254 e. The van der Waals surface area contributed by atoms with Gasteiger partial charge in [0.05, 0.1) is 0 Å². The Morgan fingerprint density at radius 2 is 1.56 bits per heavy atom. The zero-order valence-corrected chi connectivity index (χ0v) is 17.9. The Bertz CT molecular complexity index is 632. The lowest BCUT2D eigenvalue weighted by atomic mass is 10.0. The van der Waals surface area contributed by atoms with Crippen LogP contribution < -0.4 is 5.73 Å². The highest BCUT2D eigenvalue weighted by molar-refractivity contribution is 5.95. The van der Waals surface area contributed by atoms with Crippen molar-refractivity contribution in [3.8, 4) is 0 Å². The highest BCUT2D eigenvalue weighted by atomic mass is 16.2. The Morgan fingerprint density at radius 3 is 2.00 bits per heavy atom. The van der Waals surface area contributed by atoms with Crippen molar-refractivity contribution in [2.75, 3.05) is 13.6 Å². The molecule has 0 aromatic heterocycles. The number of carbonyl (C=O) groups excluding carboxylic acids is 1. The fraction of sp³-hybridized carbons (Fsp3) is 0.435. The molecule has 0 atom stereocenters. The molecule has 0 unspecified atom stereocenters. The van der Waals surface area contributed by atoms with Crippen LogP contribution in [0, 0.1) is 13.8 Å². The predicted molar refractivity (Wildman–Crippen MR) is 119 cm³/mol. The van der Waals surface area contributed by atoms with Gasteiger partial charge in [0.25, 0.3) is 5.91 Å². The molecule has 2 rings (SSSR count). The van der Waals surface area contributed by atoms with Gasteiger partial charge in [-0.25, -0.2) is 0 Å². The minimum absolute atomic E-state index is 0. The van der Waals surface area contributed by atoms with E-state index in [1.807, 2.05) is 69.4 Å². The van der Waals surface area contributed by atoms with Gasteiger partial charge in [0, 0.05) is 20.6 Å². The first-order valence-corrected chi connectivity index (χ1v) is 9.47. The molecular formula is C23H40N2O2. The molecule has 0 saturated carbocycles. The molecule has 0 aliphatic carbocycles. The van der Waals surface area contributed by atoms with Crippen LogP contribution in [0.4, 0.5) is 0 Å². The first kappa shape index (κ1) is 27.1. The fourth-order valence-corrected chi connectivity index (χ4v) is 2.19. The molecule has 0 spiro atoms. The quantitative estimate of drug-likeness (QED) is 0.834. The fourth-order valence-electron chi connectivity index (χ4n) is 2.19. The molecule has 2 aromatic rings. The van der Waals surface area contributed by atoms with Gasteiger partial charge in [-0.1, -0.05) is 75.2 Å². The van der Waals surface area contributed by atoms with Crippen molar-refractivity contribution in [2.24, 2.45) is 5.73 Å². The Kier molecular flexibility index (Phi) is 16.1. The molecule has 4 heteroatoms. The van der Waals surface area contributed by atoms with Gasteiger partial charge < -0.3 is 16.1 Å². The summed E-state index contributed by atoms with van der Waals surface area (Å²) in [5.41, 5.74) is 9.16. The molecule has 0 radical (unpaired) electrons. The van der Waals surface area contributed by atoms with Crippen LogP contribution in [-0.2, 0) is 6.54 Å². The van der Waals surface area contributed by atoms with E-state index in [0.717, 1.165) is 29.7 Å². The van der Waals surface area contributed by atoms with Crippen LogP contribution >= 0.6 is 0 Å². The number of benzene rings is 2. The van der Waals surface area contributed by atoms with E-state index in [1.165, 1.54) is 12.0 Å². The van der Waals surface area contributed by atoms with Crippen LogP contribution in [-0.4, -0.2) is 29.9 Å². The van der Waals surface area contributed by atoms with Crippen molar-refractivity contribution >= 4 is 5.91 Å². The molecule has 4 nitrogen and oxygen atoms in total. The molecule has 0 fully saturated rings. The summed E-state index contributed by atoms with van der Waals surface area (Å²) in [6.45, 7) is 11.8. The van der Waals surface area contributed by atoms with E-state index in [4.69, 9.17) is 5.73 Å². The van der Waals surface area contributed by atoms with Crippen molar-refractivity contribution in [3.63, 3.8) is 0 Å². The van der Waals surface area contributed by atoms with Gasteiger partial charge >= 0.3 is 0 Å². The summed E-state index contributed by atoms with van der Waals surface area (Å²) < 4.78 is 0. The Morgan fingerprint density at radius 1 is 1.04 bits per heavy atom. The van der Waals surface area contributed by atoms with Crippen molar-refractivity contribution < 1.29 is 11.7 Å². The summed E-state index contributed by atoms with van der Waals surface area (Å²) >= 11 is 0. The summed E-state index contributed by atoms with van der Waals surface area (Å²) in [5, 5.41) is 0. The zero-order valence-electron chi connectivity index (χ0n) is 17.9. The minimum atomic E-state index is 0. The van der Waals surface area contributed by atoms with E-state index in [-0.39, 0.29) is 12.8 Å². The molecule has 154 valence electrons. The number of carbonyl (C=O) groups is 1. The number of amides is 1. The third kappa shape index (κ3) is 11.2. The maximum atomic E-state index is 12.4. The van der Waals surface area contributed by atoms with Gasteiger partial charge in [0.2, 0.25) is 0 Å². The normalized spacial score (nSPS) is 9.00. The lowest BCUT2D eigenvalue weighted by molar-refractivity contribution is 0.0784. The third-order valence-electron chi connectivity index (χ3n) is 3.51. The lowest BCUT2D eigenvalue weighted by Gasteiger charge is -2.18. The molecule has 0 aliphatic heterocycles. The maximum absolute atomic E-state index is 12.4. The molecule has 27 heavy (non-hydrogen) atoms. The second-order valence-electron chi connectivity index (χ2n) is 6.46. The summed E-state index contributed by atoms with van der Waals surface area (Å²) in [5.74, 6) is 0.0707. The Balaban J connectivity index is -0.000000607. The molecule has 4 N–H and O–H groups in total. The minimum Gasteiger partial charge on any atom is -0.412 e. The number of aryl methyl sites for hydroxylation is 2. The molecule has 0 saturated heterocycles. The highest BCUT2D eigenvalue weighted by Gasteiger charge is 2.14. The summed E-state index contributed by atoms with van der Waals surface area (Å²) in [7, 11) is 1.84. The second-order valence-corrected chi connectivity index (χ2v) is 6.46. The van der Waals surface area contributed by atoms with Gasteiger partial charge in [0.15, 0.2) is 0 Å². The molecule has 0 heterocycles. The topological polar surface area (TPSA) is 77.8 Å². The lowest BCUT2D eigenvalue weighted by Crippen LogP contribution is -2.26. The number of hydrogen-bond acceptors (Lipinski definition) is 2. The van der Waals surface area contributed by atoms with E-state index in [2.05, 4.69) is 20.8 Å². The van der Waals surface area contributed by atoms with Crippen molar-refractivity contribution in [2.45, 2.75) is 54.0 Å². The van der Waals surface area contributed by atoms with Crippen LogP contribution in [0.15, 0.2) is 48.5 Å². The van der Waals surface area contributed by atoms with E-state index < -0.39 is 0 Å². The molecule has 1 amide bonds. The van der Waals surface area contributed by atoms with Crippen LogP contribution in [0.1, 0.15) is 62.1 Å². The monoisotopic (exact) mass is 376 g/mol. The summed E-state index contributed by atoms with van der Waals surface area (Å²) in [6, 6.07) is 16.0. The van der Waals surface area contributed by atoms with Crippen molar-refractivity contribution in [1.82, 2.24) is 4.90 Å². The van der Waals surface area contributed by atoms with Gasteiger partial charge in [-0.05, 0) is 44.0 Å². The zero-order chi connectivity index (χ0) is 19.9. The van der Waals surface area contributed by atoms with Gasteiger partial charge in [-0.15, -0.1) is 0 Å². The molecule has 0 aliphatic rings. The van der Waals surface area contributed by atoms with Gasteiger partial charge in [0.1, 0.15) is 0 Å². The van der Waals surface area contributed by atoms with Gasteiger partial charge in [-0.3, -0.25) is 4.79 Å². The van der Waals surface area contributed by atoms with Crippen LogP contribution in [0.3, 0.4) is 0 Å². The van der Waals surface area contributed by atoms with Gasteiger partial charge in [-0.2, -0.15) is 0 Å². The molecule has 2 aromatic carbocycles. The second kappa shape index (κ2) is 16.0. The third-order valence-corrected chi connectivity index (χ3v) is 3.51. The van der Waals surface area contributed by atoms with Crippen molar-refractivity contribution in [1.29, 1.82) is 0 Å². The van der Waals surface area contributed by atoms with E-state index in [1.54, 1.807) is 4.90 Å². The van der Waals surface area contributed by atoms with Crippen LogP contribution in [0.2, 0.25) is 0 Å². The smallest absolute Gasteiger partial charge is 0.254 e. The van der Waals surface area contributed by atoms with E-state index in [0.29, 0.717) is 6.54 Å². The SMILES string of the molecule is CCC.CCCN.Cc1ccc(C(=O)N(C)Cc2ccccc2)c(C)c1.O.[HH]. The first-order valence-electron chi connectivity index (χ1n) is 9.47. The average molecular weight is 377 g/mol. The van der Waals surface area contributed by atoms with Crippen molar-refractivity contribution in [3.05, 3.63) is 70.8 Å². The Labute approximate surface area is 167 Å². The number of hydrogen-bond donors (Lipinski definition) is 1. The number of rotatable bonds is 4. The first-order chi connectivity index (χ1) is 12.4. The van der Waals surface area contributed by atoms with E-state index >= 15 is 0 Å². The average Bonchev–Trinajstić information content (AvgIpc) is 2.63. The van der Waals surface area contributed by atoms with Crippen LogP contribution in [0.25, 0.3) is 0 Å². The summed E-state index contributed by atoms with van der Waals surface area (Å²) in [6.07, 6.45) is 2.35. The predicted octanol–water partition coefficient (Wildman–Crippen LogP) is 4.77. The number of nitrogens with two attached hydrogens (primary N) is 1. The molecule has 0 bridgehead atoms. The molecular weight excluding hydrogens is 336 g/mol.